The molecule has 1 saturated heterocycles. The van der Waals surface area contributed by atoms with Gasteiger partial charge < -0.3 is 15.1 Å². The molecule has 1 aromatic carbocycles. The van der Waals surface area contributed by atoms with Crippen LogP contribution in [0.2, 0.25) is 0 Å². The molecule has 1 aliphatic rings. The largest absolute Gasteiger partial charge is 0.372 e. The molecule has 0 bridgehead atoms. The Bertz CT molecular complexity index is 498. The molecular weight excluding hydrogens is 298 g/mol. The second-order valence-electron chi connectivity index (χ2n) is 6.80. The first-order valence-electron chi connectivity index (χ1n) is 9.48. The number of benzene rings is 1. The van der Waals surface area contributed by atoms with Crippen molar-refractivity contribution in [2.24, 2.45) is 5.92 Å². The highest BCUT2D eigenvalue weighted by Crippen LogP contribution is 2.20. The van der Waals surface area contributed by atoms with Crippen LogP contribution in [0.1, 0.15) is 49.9 Å². The van der Waals surface area contributed by atoms with Crippen LogP contribution in [0.15, 0.2) is 24.3 Å². The number of hydrogen-bond donors (Lipinski definition) is 1. The summed E-state index contributed by atoms with van der Waals surface area (Å²) in [5, 5.41) is 3.24. The summed E-state index contributed by atoms with van der Waals surface area (Å²) in [6.07, 6.45) is 4.73. The highest BCUT2D eigenvalue weighted by molar-refractivity contribution is 5.94. The zero-order chi connectivity index (χ0) is 17.4. The lowest BCUT2D eigenvalue weighted by Crippen LogP contribution is -2.42. The van der Waals surface area contributed by atoms with Gasteiger partial charge in [-0.1, -0.05) is 13.3 Å². The highest BCUT2D eigenvalue weighted by Gasteiger charge is 2.24. The maximum Gasteiger partial charge on any atom is 0.253 e. The van der Waals surface area contributed by atoms with Gasteiger partial charge in [-0.2, -0.15) is 0 Å². The van der Waals surface area contributed by atoms with Crippen molar-refractivity contribution in [3.05, 3.63) is 29.8 Å². The Morgan fingerprint density at radius 2 is 2.04 bits per heavy atom. The molecule has 1 N–H and O–H groups in total. The second kappa shape index (κ2) is 9.67. The van der Waals surface area contributed by atoms with Crippen molar-refractivity contribution in [3.63, 3.8) is 0 Å². The molecule has 0 aromatic heterocycles. The van der Waals surface area contributed by atoms with E-state index in [4.69, 9.17) is 0 Å². The number of nitrogens with one attached hydrogen (secondary N) is 1. The smallest absolute Gasteiger partial charge is 0.253 e. The zero-order valence-electron chi connectivity index (χ0n) is 15.6. The predicted molar refractivity (Wildman–Crippen MR) is 102 cm³/mol. The number of amides is 1. The fourth-order valence-electron chi connectivity index (χ4n) is 3.52. The Kier molecular flexibility index (Phi) is 7.57. The van der Waals surface area contributed by atoms with Crippen LogP contribution in [-0.4, -0.2) is 50.6 Å². The van der Waals surface area contributed by atoms with Crippen LogP contribution in [0.4, 0.5) is 5.69 Å². The highest BCUT2D eigenvalue weighted by atomic mass is 16.2. The van der Waals surface area contributed by atoms with Gasteiger partial charge in [-0.05, 0) is 70.0 Å². The SMILES string of the molecule is CCCCN(CC)c1ccc(C(=O)N2CCCC(CNC)C2)cc1. The quantitative estimate of drug-likeness (QED) is 0.793. The van der Waals surface area contributed by atoms with Crippen molar-refractivity contribution in [2.45, 2.75) is 39.5 Å². The van der Waals surface area contributed by atoms with Crippen LogP contribution < -0.4 is 10.2 Å². The molecule has 1 amide bonds. The molecule has 24 heavy (non-hydrogen) atoms. The van der Waals surface area contributed by atoms with Crippen molar-refractivity contribution in [2.75, 3.05) is 44.7 Å². The minimum absolute atomic E-state index is 0.180. The van der Waals surface area contributed by atoms with E-state index in [2.05, 4.69) is 36.2 Å². The van der Waals surface area contributed by atoms with E-state index in [1.807, 2.05) is 24.1 Å². The summed E-state index contributed by atoms with van der Waals surface area (Å²) in [7, 11) is 1.98. The first-order chi connectivity index (χ1) is 11.7. The van der Waals surface area contributed by atoms with Crippen molar-refractivity contribution >= 4 is 11.6 Å². The maximum absolute atomic E-state index is 12.8. The molecule has 1 fully saturated rings. The molecule has 1 heterocycles. The average Bonchev–Trinajstić information content (AvgIpc) is 2.63. The molecule has 1 unspecified atom stereocenters. The first kappa shape index (κ1) is 18.8. The predicted octanol–water partition coefficient (Wildman–Crippen LogP) is 3.38. The molecule has 0 saturated carbocycles. The molecule has 1 aromatic rings. The van der Waals surface area contributed by atoms with Crippen LogP contribution in [0, 0.1) is 5.92 Å². The van der Waals surface area contributed by atoms with Crippen LogP contribution in [-0.2, 0) is 0 Å². The number of piperidine rings is 1. The van der Waals surface area contributed by atoms with Crippen LogP contribution in [0.5, 0.6) is 0 Å². The van der Waals surface area contributed by atoms with Gasteiger partial charge >= 0.3 is 0 Å². The Hall–Kier alpha value is -1.55. The van der Waals surface area contributed by atoms with Gasteiger partial charge in [-0.15, -0.1) is 0 Å². The van der Waals surface area contributed by atoms with E-state index in [1.165, 1.54) is 24.9 Å². The second-order valence-corrected chi connectivity index (χ2v) is 6.80. The summed E-state index contributed by atoms with van der Waals surface area (Å²) in [6, 6.07) is 8.19. The molecule has 0 spiro atoms. The fourth-order valence-corrected chi connectivity index (χ4v) is 3.52. The van der Waals surface area contributed by atoms with Crippen LogP contribution in [0.3, 0.4) is 0 Å². The van der Waals surface area contributed by atoms with E-state index >= 15 is 0 Å². The summed E-state index contributed by atoms with van der Waals surface area (Å²) in [5.74, 6) is 0.760. The molecule has 2 rings (SSSR count). The van der Waals surface area contributed by atoms with E-state index < -0.39 is 0 Å². The summed E-state index contributed by atoms with van der Waals surface area (Å²) in [4.78, 5) is 17.2. The van der Waals surface area contributed by atoms with Crippen molar-refractivity contribution in [3.8, 4) is 0 Å². The number of anilines is 1. The van der Waals surface area contributed by atoms with Crippen molar-refractivity contribution < 1.29 is 4.79 Å². The van der Waals surface area contributed by atoms with E-state index in [1.54, 1.807) is 0 Å². The Labute approximate surface area is 147 Å². The van der Waals surface area contributed by atoms with E-state index in [9.17, 15) is 4.79 Å². The zero-order valence-corrected chi connectivity index (χ0v) is 15.6. The monoisotopic (exact) mass is 331 g/mol. The Morgan fingerprint density at radius 3 is 2.67 bits per heavy atom. The lowest BCUT2D eigenvalue weighted by atomic mass is 9.97. The summed E-state index contributed by atoms with van der Waals surface area (Å²) >= 11 is 0. The fraction of sp³-hybridized carbons (Fsp3) is 0.650. The number of hydrogen-bond acceptors (Lipinski definition) is 3. The van der Waals surface area contributed by atoms with Crippen molar-refractivity contribution in [1.29, 1.82) is 0 Å². The lowest BCUT2D eigenvalue weighted by Gasteiger charge is -2.33. The topological polar surface area (TPSA) is 35.6 Å². The number of rotatable bonds is 8. The minimum Gasteiger partial charge on any atom is -0.372 e. The third-order valence-corrected chi connectivity index (χ3v) is 4.94. The molecule has 0 radical (unpaired) electrons. The van der Waals surface area contributed by atoms with Crippen LogP contribution in [0.25, 0.3) is 0 Å². The molecular formula is C20H33N3O. The van der Waals surface area contributed by atoms with E-state index in [-0.39, 0.29) is 5.91 Å². The van der Waals surface area contributed by atoms with E-state index in [0.29, 0.717) is 5.92 Å². The third-order valence-electron chi connectivity index (χ3n) is 4.94. The minimum atomic E-state index is 0.180. The first-order valence-corrected chi connectivity index (χ1v) is 9.48. The summed E-state index contributed by atoms with van der Waals surface area (Å²) in [5.41, 5.74) is 2.03. The Balaban J connectivity index is 2.00. The van der Waals surface area contributed by atoms with Gasteiger partial charge in [0, 0.05) is 37.4 Å². The number of unbranched alkanes of at least 4 members (excludes halogenated alkanes) is 1. The lowest BCUT2D eigenvalue weighted by molar-refractivity contribution is 0.0674. The average molecular weight is 332 g/mol. The van der Waals surface area contributed by atoms with Gasteiger partial charge in [0.2, 0.25) is 0 Å². The number of likely N-dealkylation sites (tertiary alicyclic amines) is 1. The summed E-state index contributed by atoms with van der Waals surface area (Å²) < 4.78 is 0. The standard InChI is InChI=1S/C20H33N3O/c1-4-6-13-22(5-2)19-11-9-18(10-12-19)20(24)23-14-7-8-17(16-23)15-21-3/h9-12,17,21H,4-8,13-16H2,1-3H3. The summed E-state index contributed by atoms with van der Waals surface area (Å²) in [6.45, 7) is 9.24. The molecule has 4 nitrogen and oxygen atoms in total. The van der Waals surface area contributed by atoms with Gasteiger partial charge in [0.05, 0.1) is 0 Å². The van der Waals surface area contributed by atoms with E-state index in [0.717, 1.165) is 44.7 Å². The molecule has 134 valence electrons. The number of nitrogens with zero attached hydrogens (tertiary/aromatic N) is 2. The molecule has 4 heteroatoms. The van der Waals surface area contributed by atoms with Gasteiger partial charge in [-0.25, -0.2) is 0 Å². The van der Waals surface area contributed by atoms with Gasteiger partial charge in [-0.3, -0.25) is 4.79 Å². The van der Waals surface area contributed by atoms with Gasteiger partial charge in [0.1, 0.15) is 0 Å². The molecule has 1 atom stereocenters. The maximum atomic E-state index is 12.8. The van der Waals surface area contributed by atoms with Crippen LogP contribution >= 0.6 is 0 Å². The normalized spacial score (nSPS) is 17.8. The molecule has 1 aliphatic heterocycles. The van der Waals surface area contributed by atoms with Gasteiger partial charge in [0.25, 0.3) is 5.91 Å². The molecule has 0 aliphatic carbocycles. The Morgan fingerprint density at radius 1 is 1.29 bits per heavy atom. The number of carbonyl (C=O) groups excluding carboxylic acids is 1. The van der Waals surface area contributed by atoms with Gasteiger partial charge in [0.15, 0.2) is 0 Å². The van der Waals surface area contributed by atoms with Crippen molar-refractivity contribution in [1.82, 2.24) is 10.2 Å². The third kappa shape index (κ3) is 4.97. The number of carbonyl (C=O) groups is 1.